The Bertz CT molecular complexity index is 1400. The molecule has 1 N–H and O–H groups in total. The van der Waals surface area contributed by atoms with Gasteiger partial charge in [-0.1, -0.05) is 43.7 Å². The Morgan fingerprint density at radius 2 is 1.68 bits per heavy atom. The van der Waals surface area contributed by atoms with Gasteiger partial charge in [0.25, 0.3) is 10.0 Å². The average molecular weight is 570 g/mol. The van der Waals surface area contributed by atoms with Crippen molar-refractivity contribution in [2.24, 2.45) is 0 Å². The molecule has 0 aromatic heterocycles. The molecule has 3 aromatic rings. The molecule has 0 bridgehead atoms. The number of amides is 2. The normalized spacial score (nSPS) is 11.9. The molecular weight excluding hydrogens is 533 g/mol. The summed E-state index contributed by atoms with van der Waals surface area (Å²) in [5.74, 6) is -0.953. The van der Waals surface area contributed by atoms with Crippen molar-refractivity contribution >= 4 is 27.5 Å². The molecule has 0 heterocycles. The molecule has 2 amide bonds. The van der Waals surface area contributed by atoms with E-state index in [1.165, 1.54) is 48.4 Å². The maximum absolute atomic E-state index is 14.0. The molecule has 214 valence electrons. The Kier molecular flexibility index (Phi) is 10.7. The van der Waals surface area contributed by atoms with Gasteiger partial charge in [-0.15, -0.1) is 0 Å². The Morgan fingerprint density at radius 1 is 1.00 bits per heavy atom. The Morgan fingerprint density at radius 3 is 2.25 bits per heavy atom. The fourth-order valence-corrected chi connectivity index (χ4v) is 5.72. The van der Waals surface area contributed by atoms with Gasteiger partial charge >= 0.3 is 0 Å². The van der Waals surface area contributed by atoms with Crippen molar-refractivity contribution in [1.29, 1.82) is 0 Å². The van der Waals surface area contributed by atoms with E-state index in [0.29, 0.717) is 18.7 Å². The van der Waals surface area contributed by atoms with Gasteiger partial charge in [0, 0.05) is 13.1 Å². The lowest BCUT2D eigenvalue weighted by Gasteiger charge is -2.33. The number of benzene rings is 3. The lowest BCUT2D eigenvalue weighted by Crippen LogP contribution is -2.52. The van der Waals surface area contributed by atoms with Crippen molar-refractivity contribution in [3.63, 3.8) is 0 Å². The fourth-order valence-electron chi connectivity index (χ4n) is 4.30. The second kappa shape index (κ2) is 13.9. The lowest BCUT2D eigenvalue weighted by atomic mass is 10.1. The van der Waals surface area contributed by atoms with Crippen LogP contribution in [0.2, 0.25) is 0 Å². The predicted octanol–water partition coefficient (Wildman–Crippen LogP) is 4.67. The van der Waals surface area contributed by atoms with Crippen molar-refractivity contribution in [1.82, 2.24) is 10.2 Å². The zero-order valence-electron chi connectivity index (χ0n) is 23.3. The maximum Gasteiger partial charge on any atom is 0.264 e. The summed E-state index contributed by atoms with van der Waals surface area (Å²) in [6.45, 7) is 5.63. The third-order valence-electron chi connectivity index (χ3n) is 6.41. The molecule has 1 atom stereocenters. The van der Waals surface area contributed by atoms with Gasteiger partial charge < -0.3 is 15.0 Å². The number of carbonyl (C=O) groups is 2. The predicted molar refractivity (Wildman–Crippen MR) is 153 cm³/mol. The number of carbonyl (C=O) groups excluding carboxylic acids is 2. The number of nitrogens with one attached hydrogen (secondary N) is 1. The average Bonchev–Trinajstić information content (AvgIpc) is 2.95. The Balaban J connectivity index is 2.04. The van der Waals surface area contributed by atoms with E-state index in [1.807, 2.05) is 38.1 Å². The van der Waals surface area contributed by atoms with Crippen molar-refractivity contribution < 1.29 is 27.1 Å². The highest BCUT2D eigenvalue weighted by Crippen LogP contribution is 2.26. The van der Waals surface area contributed by atoms with E-state index < -0.39 is 34.3 Å². The van der Waals surface area contributed by atoms with Crippen molar-refractivity contribution in [3.8, 4) is 5.75 Å². The van der Waals surface area contributed by atoms with Crippen LogP contribution in [0.3, 0.4) is 0 Å². The summed E-state index contributed by atoms with van der Waals surface area (Å²) in [5.41, 5.74) is 1.91. The highest BCUT2D eigenvalue weighted by molar-refractivity contribution is 7.92. The van der Waals surface area contributed by atoms with Gasteiger partial charge in [-0.25, -0.2) is 12.8 Å². The van der Waals surface area contributed by atoms with Crippen LogP contribution in [0.25, 0.3) is 0 Å². The van der Waals surface area contributed by atoms with Crippen LogP contribution >= 0.6 is 0 Å². The monoisotopic (exact) mass is 569 g/mol. The van der Waals surface area contributed by atoms with Gasteiger partial charge in [0.2, 0.25) is 11.8 Å². The van der Waals surface area contributed by atoms with E-state index in [2.05, 4.69) is 5.32 Å². The summed E-state index contributed by atoms with van der Waals surface area (Å²) in [5, 5.41) is 2.86. The van der Waals surface area contributed by atoms with E-state index in [9.17, 15) is 22.4 Å². The SMILES string of the molecule is CCCNC(=O)C(CC)N(Cc1cccc(C)c1)C(=O)CN(c1ccc(F)cc1)S(=O)(=O)c1ccc(OC)cc1. The Labute approximate surface area is 235 Å². The third kappa shape index (κ3) is 7.59. The number of halogens is 1. The molecule has 0 saturated heterocycles. The molecule has 0 aliphatic carbocycles. The third-order valence-corrected chi connectivity index (χ3v) is 8.20. The number of hydrogen-bond acceptors (Lipinski definition) is 5. The molecule has 3 rings (SSSR count). The molecule has 0 spiro atoms. The van der Waals surface area contributed by atoms with Gasteiger partial charge in [0.15, 0.2) is 0 Å². The van der Waals surface area contributed by atoms with Gasteiger partial charge in [0.05, 0.1) is 17.7 Å². The van der Waals surface area contributed by atoms with E-state index in [4.69, 9.17) is 4.74 Å². The van der Waals surface area contributed by atoms with Gasteiger partial charge in [-0.2, -0.15) is 0 Å². The summed E-state index contributed by atoms with van der Waals surface area (Å²) in [7, 11) is -2.79. The summed E-state index contributed by atoms with van der Waals surface area (Å²) < 4.78 is 47.5. The molecule has 0 saturated carbocycles. The number of hydrogen-bond donors (Lipinski definition) is 1. The summed E-state index contributed by atoms with van der Waals surface area (Å²) >= 11 is 0. The standard InChI is InChI=1S/C30H36FN3O5S/c1-5-18-32-30(36)28(6-2)33(20-23-9-7-8-22(3)19-23)29(35)21-34(25-12-10-24(31)11-13-25)40(37,38)27-16-14-26(39-4)15-17-27/h7-17,19,28H,5-6,18,20-21H2,1-4H3,(H,32,36). The van der Waals surface area contributed by atoms with E-state index in [1.54, 1.807) is 6.92 Å². The van der Waals surface area contributed by atoms with Crippen LogP contribution < -0.4 is 14.4 Å². The van der Waals surface area contributed by atoms with Crippen LogP contribution in [-0.2, 0) is 26.2 Å². The highest BCUT2D eigenvalue weighted by atomic mass is 32.2. The van der Waals surface area contributed by atoms with Crippen LogP contribution in [0, 0.1) is 12.7 Å². The van der Waals surface area contributed by atoms with E-state index in [-0.39, 0.29) is 23.0 Å². The van der Waals surface area contributed by atoms with Crippen LogP contribution in [0.5, 0.6) is 5.75 Å². The van der Waals surface area contributed by atoms with Crippen LogP contribution in [0.4, 0.5) is 10.1 Å². The molecule has 1 unspecified atom stereocenters. The summed E-state index contributed by atoms with van der Waals surface area (Å²) in [4.78, 5) is 28.5. The van der Waals surface area contributed by atoms with Crippen molar-refractivity contribution in [2.45, 2.75) is 51.1 Å². The first-order chi connectivity index (χ1) is 19.1. The van der Waals surface area contributed by atoms with E-state index >= 15 is 0 Å². The lowest BCUT2D eigenvalue weighted by molar-refractivity contribution is -0.140. The summed E-state index contributed by atoms with van der Waals surface area (Å²) in [6, 6.07) is 17.4. The maximum atomic E-state index is 14.0. The number of nitrogens with zero attached hydrogens (tertiary/aromatic N) is 2. The van der Waals surface area contributed by atoms with Crippen LogP contribution in [-0.4, -0.2) is 51.4 Å². The Hall–Kier alpha value is -3.92. The number of rotatable bonds is 13. The van der Waals surface area contributed by atoms with Gasteiger partial charge in [0.1, 0.15) is 24.2 Å². The molecule has 40 heavy (non-hydrogen) atoms. The molecule has 10 heteroatoms. The van der Waals surface area contributed by atoms with Crippen molar-refractivity contribution in [2.75, 3.05) is 24.5 Å². The summed E-state index contributed by atoms with van der Waals surface area (Å²) in [6.07, 6.45) is 1.06. The molecule has 0 aliphatic rings. The topological polar surface area (TPSA) is 96.0 Å². The number of ether oxygens (including phenoxy) is 1. The second-order valence-corrected chi connectivity index (χ2v) is 11.3. The molecule has 8 nitrogen and oxygen atoms in total. The number of methoxy groups -OCH3 is 1. The smallest absolute Gasteiger partial charge is 0.264 e. The minimum absolute atomic E-state index is 0.0663. The molecule has 3 aromatic carbocycles. The number of anilines is 1. The van der Waals surface area contributed by atoms with Crippen molar-refractivity contribution in [3.05, 3.63) is 89.7 Å². The molecule has 0 aliphatic heterocycles. The number of aryl methyl sites for hydroxylation is 1. The van der Waals surface area contributed by atoms with Gasteiger partial charge in [-0.05, 0) is 73.9 Å². The first-order valence-corrected chi connectivity index (χ1v) is 14.6. The number of sulfonamides is 1. The molecular formula is C30H36FN3O5S. The quantitative estimate of drug-likeness (QED) is 0.323. The first-order valence-electron chi connectivity index (χ1n) is 13.2. The zero-order valence-corrected chi connectivity index (χ0v) is 24.1. The highest BCUT2D eigenvalue weighted by Gasteiger charge is 2.33. The largest absolute Gasteiger partial charge is 0.497 e. The second-order valence-electron chi connectivity index (χ2n) is 9.39. The first kappa shape index (κ1) is 30.6. The minimum atomic E-state index is -4.26. The molecule has 0 fully saturated rings. The van der Waals surface area contributed by atoms with Crippen LogP contribution in [0.1, 0.15) is 37.8 Å². The minimum Gasteiger partial charge on any atom is -0.497 e. The van der Waals surface area contributed by atoms with Crippen LogP contribution in [0.15, 0.2) is 77.7 Å². The fraction of sp³-hybridized carbons (Fsp3) is 0.333. The zero-order chi connectivity index (χ0) is 29.3. The van der Waals surface area contributed by atoms with E-state index in [0.717, 1.165) is 34.0 Å². The van der Waals surface area contributed by atoms with Gasteiger partial charge in [-0.3, -0.25) is 13.9 Å². The molecule has 0 radical (unpaired) electrons.